The van der Waals surface area contributed by atoms with Crippen molar-refractivity contribution in [2.75, 3.05) is 44.1 Å². The van der Waals surface area contributed by atoms with Gasteiger partial charge in [-0.2, -0.15) is 0 Å². The van der Waals surface area contributed by atoms with E-state index in [1.807, 2.05) is 19.1 Å². The highest BCUT2D eigenvalue weighted by Crippen LogP contribution is 2.36. The topological polar surface area (TPSA) is 71.1 Å². The Morgan fingerprint density at radius 1 is 0.941 bits per heavy atom. The van der Waals surface area contributed by atoms with E-state index in [9.17, 15) is 9.59 Å². The molecule has 0 atom stereocenters. The second kappa shape index (κ2) is 10.2. The predicted molar refractivity (Wildman–Crippen MR) is 134 cm³/mol. The maximum Gasteiger partial charge on any atom is 0.278 e. The minimum atomic E-state index is -0.314. The first-order chi connectivity index (χ1) is 16.5. The molecule has 0 aromatic heterocycles. The van der Waals surface area contributed by atoms with Crippen LogP contribution >= 0.6 is 0 Å². The summed E-state index contributed by atoms with van der Waals surface area (Å²) in [5, 5.41) is 3.24. The Balaban J connectivity index is 1.65. The third-order valence-electron chi connectivity index (χ3n) is 6.57. The van der Waals surface area contributed by atoms with Crippen molar-refractivity contribution in [3.05, 3.63) is 53.7 Å². The number of methoxy groups -OCH3 is 2. The molecule has 0 saturated carbocycles. The van der Waals surface area contributed by atoms with E-state index in [0.29, 0.717) is 35.6 Å². The summed E-state index contributed by atoms with van der Waals surface area (Å²) in [6.45, 7) is 6.73. The van der Waals surface area contributed by atoms with Crippen molar-refractivity contribution < 1.29 is 19.1 Å². The van der Waals surface area contributed by atoms with E-state index in [1.54, 1.807) is 32.4 Å². The smallest absolute Gasteiger partial charge is 0.278 e. The number of imide groups is 1. The number of carbonyl (C=O) groups is 2. The zero-order valence-corrected chi connectivity index (χ0v) is 20.4. The molecular formula is C27H33N3O4. The average molecular weight is 464 g/mol. The predicted octanol–water partition coefficient (Wildman–Crippen LogP) is 4.54. The second-order valence-corrected chi connectivity index (χ2v) is 8.92. The van der Waals surface area contributed by atoms with E-state index in [1.165, 1.54) is 23.4 Å². The van der Waals surface area contributed by atoms with Gasteiger partial charge in [0.1, 0.15) is 5.70 Å². The summed E-state index contributed by atoms with van der Waals surface area (Å²) in [7, 11) is 3.11. The number of anilines is 2. The van der Waals surface area contributed by atoms with Crippen molar-refractivity contribution >= 4 is 28.8 Å². The molecular weight excluding hydrogens is 430 g/mol. The zero-order valence-electron chi connectivity index (χ0n) is 20.4. The number of amides is 2. The first-order valence-electron chi connectivity index (χ1n) is 11.9. The molecule has 2 aromatic rings. The molecule has 0 radical (unpaired) electrons. The third kappa shape index (κ3) is 4.60. The van der Waals surface area contributed by atoms with Crippen LogP contribution in [0.2, 0.25) is 0 Å². The lowest BCUT2D eigenvalue weighted by Crippen LogP contribution is -2.33. The lowest BCUT2D eigenvalue weighted by Gasteiger charge is -2.32. The molecule has 0 aliphatic carbocycles. The van der Waals surface area contributed by atoms with Crippen molar-refractivity contribution in [2.24, 2.45) is 5.92 Å². The van der Waals surface area contributed by atoms with Gasteiger partial charge in [0.25, 0.3) is 11.8 Å². The molecule has 2 aromatic carbocycles. The fourth-order valence-corrected chi connectivity index (χ4v) is 4.54. The number of ether oxygens (including phenoxy) is 2. The second-order valence-electron chi connectivity index (χ2n) is 8.92. The summed E-state index contributed by atoms with van der Waals surface area (Å²) in [4.78, 5) is 30.2. The molecule has 0 unspecified atom stereocenters. The Morgan fingerprint density at radius 3 is 2.24 bits per heavy atom. The van der Waals surface area contributed by atoms with Crippen LogP contribution in [-0.2, 0) is 9.59 Å². The molecule has 4 rings (SSSR count). The monoisotopic (exact) mass is 463 g/mol. The summed E-state index contributed by atoms with van der Waals surface area (Å²) in [5.74, 6) is 1.22. The Morgan fingerprint density at radius 2 is 1.62 bits per heavy atom. The normalized spacial score (nSPS) is 16.9. The molecule has 2 heterocycles. The highest BCUT2D eigenvalue weighted by Gasteiger charge is 2.39. The number of nitrogens with zero attached hydrogens (tertiary/aromatic N) is 2. The van der Waals surface area contributed by atoms with Crippen LogP contribution in [0.5, 0.6) is 11.5 Å². The molecule has 180 valence electrons. The molecule has 0 bridgehead atoms. The van der Waals surface area contributed by atoms with Crippen LogP contribution in [0.15, 0.2) is 48.2 Å². The number of hydrogen-bond acceptors (Lipinski definition) is 6. The van der Waals surface area contributed by atoms with Crippen molar-refractivity contribution in [3.8, 4) is 11.5 Å². The van der Waals surface area contributed by atoms with Gasteiger partial charge < -0.3 is 19.7 Å². The lowest BCUT2D eigenvalue weighted by atomic mass is 9.99. The molecule has 1 N–H and O–H groups in total. The molecule has 7 heteroatoms. The number of rotatable bonds is 8. The summed E-state index contributed by atoms with van der Waals surface area (Å²) < 4.78 is 10.7. The Bertz CT molecular complexity index is 1090. The number of hydrogen-bond donors (Lipinski definition) is 1. The average Bonchev–Trinajstić information content (AvgIpc) is 3.09. The van der Waals surface area contributed by atoms with Crippen LogP contribution in [-0.4, -0.2) is 50.6 Å². The fourth-order valence-electron chi connectivity index (χ4n) is 4.54. The van der Waals surface area contributed by atoms with Gasteiger partial charge >= 0.3 is 0 Å². The minimum absolute atomic E-state index is 0.283. The largest absolute Gasteiger partial charge is 0.493 e. The summed E-state index contributed by atoms with van der Waals surface area (Å²) >= 11 is 0. The van der Waals surface area contributed by atoms with Crippen molar-refractivity contribution in [3.63, 3.8) is 0 Å². The van der Waals surface area contributed by atoms with Gasteiger partial charge in [-0.05, 0) is 67.1 Å². The fraction of sp³-hybridized carbons (Fsp3) is 0.407. The Labute approximate surface area is 201 Å². The van der Waals surface area contributed by atoms with Gasteiger partial charge in [-0.3, -0.25) is 14.5 Å². The summed E-state index contributed by atoms with van der Waals surface area (Å²) in [6, 6.07) is 13.3. The SMILES string of the molecule is CCCN1C(=O)C(Nc2ccc(N3CCC(C)CC3)cc2)=C(c2ccc(OC)c(OC)c2)C1=O. The van der Waals surface area contributed by atoms with Crippen LogP contribution < -0.4 is 19.7 Å². The molecule has 0 spiro atoms. The van der Waals surface area contributed by atoms with Crippen molar-refractivity contribution in [2.45, 2.75) is 33.1 Å². The maximum atomic E-state index is 13.3. The van der Waals surface area contributed by atoms with Crippen LogP contribution in [0.4, 0.5) is 11.4 Å². The first kappa shape index (κ1) is 23.7. The standard InChI is InChI=1S/C27H33N3O4/c1-5-14-30-26(31)24(19-6-11-22(33-3)23(17-19)34-4)25(27(30)32)28-20-7-9-21(10-8-20)29-15-12-18(2)13-16-29/h6-11,17-18,28H,5,12-16H2,1-4H3. The van der Waals surface area contributed by atoms with Gasteiger partial charge in [0.2, 0.25) is 0 Å². The quantitative estimate of drug-likeness (QED) is 0.580. The minimum Gasteiger partial charge on any atom is -0.493 e. The van der Waals surface area contributed by atoms with Crippen LogP contribution in [0.1, 0.15) is 38.7 Å². The third-order valence-corrected chi connectivity index (χ3v) is 6.57. The highest BCUT2D eigenvalue weighted by molar-refractivity contribution is 6.36. The Kier molecular flexibility index (Phi) is 7.10. The van der Waals surface area contributed by atoms with Gasteiger partial charge in [-0.25, -0.2) is 0 Å². The summed E-state index contributed by atoms with van der Waals surface area (Å²) in [5.41, 5.74) is 3.17. The van der Waals surface area contributed by atoms with Crippen molar-refractivity contribution in [1.29, 1.82) is 0 Å². The molecule has 7 nitrogen and oxygen atoms in total. The lowest BCUT2D eigenvalue weighted by molar-refractivity contribution is -0.136. The molecule has 1 fully saturated rings. The van der Waals surface area contributed by atoms with E-state index in [2.05, 4.69) is 29.3 Å². The number of carbonyl (C=O) groups excluding carboxylic acids is 2. The van der Waals surface area contributed by atoms with E-state index in [4.69, 9.17) is 9.47 Å². The summed E-state index contributed by atoms with van der Waals surface area (Å²) in [6.07, 6.45) is 3.09. The number of nitrogens with one attached hydrogen (secondary N) is 1. The molecule has 1 saturated heterocycles. The zero-order chi connectivity index (χ0) is 24.2. The van der Waals surface area contributed by atoms with Gasteiger partial charge in [-0.1, -0.05) is 19.9 Å². The maximum absolute atomic E-state index is 13.3. The van der Waals surface area contributed by atoms with Crippen molar-refractivity contribution in [1.82, 2.24) is 4.90 Å². The highest BCUT2D eigenvalue weighted by atomic mass is 16.5. The van der Waals surface area contributed by atoms with Crippen LogP contribution in [0, 0.1) is 5.92 Å². The molecule has 2 aliphatic rings. The van der Waals surface area contributed by atoms with Gasteiger partial charge in [0.05, 0.1) is 19.8 Å². The number of benzene rings is 2. The van der Waals surface area contributed by atoms with E-state index >= 15 is 0 Å². The van der Waals surface area contributed by atoms with Gasteiger partial charge in [0, 0.05) is 31.0 Å². The number of piperidine rings is 1. The first-order valence-corrected chi connectivity index (χ1v) is 11.9. The van der Waals surface area contributed by atoms with Crippen LogP contribution in [0.25, 0.3) is 5.57 Å². The van der Waals surface area contributed by atoms with Crippen LogP contribution in [0.3, 0.4) is 0 Å². The molecule has 2 aliphatic heterocycles. The van der Waals surface area contributed by atoms with E-state index in [-0.39, 0.29) is 17.5 Å². The van der Waals surface area contributed by atoms with Gasteiger partial charge in [0.15, 0.2) is 11.5 Å². The van der Waals surface area contributed by atoms with E-state index < -0.39 is 0 Å². The Hall–Kier alpha value is -3.48. The molecule has 34 heavy (non-hydrogen) atoms. The van der Waals surface area contributed by atoms with Gasteiger partial charge in [-0.15, -0.1) is 0 Å². The molecule has 2 amide bonds. The van der Waals surface area contributed by atoms with E-state index in [0.717, 1.165) is 24.7 Å².